The molecule has 0 saturated carbocycles. The van der Waals surface area contributed by atoms with Gasteiger partial charge >= 0.3 is 0 Å². The minimum absolute atomic E-state index is 0.00349. The minimum Gasteiger partial charge on any atom is -0.374 e. The third-order valence-corrected chi connectivity index (χ3v) is 4.12. The third-order valence-electron chi connectivity index (χ3n) is 1.42. The van der Waals surface area contributed by atoms with Crippen LogP contribution in [0.25, 0.3) is 0 Å². The van der Waals surface area contributed by atoms with Gasteiger partial charge in [-0.15, -0.1) is 21.5 Å². The third kappa shape index (κ3) is 2.74. The van der Waals surface area contributed by atoms with Gasteiger partial charge in [0.15, 0.2) is 9.35 Å². The quantitative estimate of drug-likeness (QED) is 0.662. The van der Waals surface area contributed by atoms with Gasteiger partial charge in [-0.3, -0.25) is 4.79 Å². The summed E-state index contributed by atoms with van der Waals surface area (Å²) in [4.78, 5) is 15.5. The minimum atomic E-state index is 0.00349. The highest BCUT2D eigenvalue weighted by atomic mass is 32.2. The first-order chi connectivity index (χ1) is 7.25. The standard InChI is InChI=1S/C7H6N4OS3/c8-6-10-11-7(15-6)14-3-4(12)5-9-1-2-13-5/h1-2H,3H2,(H2,8,10). The average Bonchev–Trinajstić information content (AvgIpc) is 2.84. The van der Waals surface area contributed by atoms with E-state index in [1.165, 1.54) is 34.4 Å². The Bertz CT molecular complexity index is 453. The Hall–Kier alpha value is -0.990. The van der Waals surface area contributed by atoms with Crippen LogP contribution in [0.3, 0.4) is 0 Å². The molecule has 0 spiro atoms. The maximum absolute atomic E-state index is 11.5. The van der Waals surface area contributed by atoms with Crippen molar-refractivity contribution in [3.8, 4) is 0 Å². The summed E-state index contributed by atoms with van der Waals surface area (Å²) in [6.45, 7) is 0. The molecule has 0 amide bonds. The second-order valence-corrected chi connectivity index (χ2v) is 5.58. The average molecular weight is 258 g/mol. The van der Waals surface area contributed by atoms with Gasteiger partial charge in [-0.2, -0.15) is 0 Å². The molecule has 0 radical (unpaired) electrons. The van der Waals surface area contributed by atoms with Crippen LogP contribution in [-0.4, -0.2) is 26.7 Å². The molecule has 2 N–H and O–H groups in total. The van der Waals surface area contributed by atoms with Crippen LogP contribution in [0, 0.1) is 0 Å². The zero-order valence-electron chi connectivity index (χ0n) is 7.41. The van der Waals surface area contributed by atoms with Crippen molar-refractivity contribution < 1.29 is 4.79 Å². The van der Waals surface area contributed by atoms with Crippen molar-refractivity contribution in [3.63, 3.8) is 0 Å². The Morgan fingerprint density at radius 2 is 2.40 bits per heavy atom. The predicted octanol–water partition coefficient (Wildman–Crippen LogP) is 1.55. The highest BCUT2D eigenvalue weighted by Gasteiger charge is 2.10. The van der Waals surface area contributed by atoms with Crippen LogP contribution in [0.1, 0.15) is 9.80 Å². The van der Waals surface area contributed by atoms with Gasteiger partial charge < -0.3 is 5.73 Å². The van der Waals surface area contributed by atoms with Gasteiger partial charge in [0.1, 0.15) is 0 Å². The van der Waals surface area contributed by atoms with E-state index in [4.69, 9.17) is 5.73 Å². The van der Waals surface area contributed by atoms with Crippen molar-refractivity contribution in [1.82, 2.24) is 15.2 Å². The molecule has 5 nitrogen and oxygen atoms in total. The largest absolute Gasteiger partial charge is 0.374 e. The number of hydrogen-bond acceptors (Lipinski definition) is 8. The van der Waals surface area contributed by atoms with Crippen molar-refractivity contribution >= 4 is 45.4 Å². The summed E-state index contributed by atoms with van der Waals surface area (Å²) in [5.74, 6) is 0.325. The van der Waals surface area contributed by atoms with Crippen LogP contribution in [0.15, 0.2) is 15.9 Å². The second-order valence-electron chi connectivity index (χ2n) is 2.46. The lowest BCUT2D eigenvalue weighted by Gasteiger charge is -1.92. The number of thioether (sulfide) groups is 1. The summed E-state index contributed by atoms with van der Waals surface area (Å²) in [5, 5.41) is 10.2. The number of hydrogen-bond donors (Lipinski definition) is 1. The Morgan fingerprint density at radius 1 is 1.53 bits per heavy atom. The van der Waals surface area contributed by atoms with E-state index < -0.39 is 0 Å². The summed E-state index contributed by atoms with van der Waals surface area (Å²) >= 11 is 3.95. The van der Waals surface area contributed by atoms with Gasteiger partial charge in [-0.1, -0.05) is 23.1 Å². The number of anilines is 1. The number of ketones is 1. The molecule has 0 bridgehead atoms. The van der Waals surface area contributed by atoms with Crippen molar-refractivity contribution in [3.05, 3.63) is 16.6 Å². The van der Waals surface area contributed by atoms with E-state index >= 15 is 0 Å². The normalized spacial score (nSPS) is 10.4. The predicted molar refractivity (Wildman–Crippen MR) is 61.5 cm³/mol. The lowest BCUT2D eigenvalue weighted by atomic mass is 10.5. The van der Waals surface area contributed by atoms with Crippen molar-refractivity contribution in [2.24, 2.45) is 0 Å². The molecule has 2 heterocycles. The Kier molecular flexibility index (Phi) is 3.29. The van der Waals surface area contributed by atoms with Crippen LogP contribution in [0.4, 0.5) is 5.13 Å². The fourth-order valence-electron chi connectivity index (χ4n) is 0.829. The van der Waals surface area contributed by atoms with Crippen molar-refractivity contribution in [2.75, 3.05) is 11.5 Å². The maximum Gasteiger partial charge on any atom is 0.203 e. The fourth-order valence-corrected chi connectivity index (χ4v) is 3.00. The van der Waals surface area contributed by atoms with Gasteiger partial charge in [-0.25, -0.2) is 4.98 Å². The van der Waals surface area contributed by atoms with E-state index in [0.717, 1.165) is 0 Å². The number of thiazole rings is 1. The van der Waals surface area contributed by atoms with Crippen LogP contribution < -0.4 is 5.73 Å². The first kappa shape index (κ1) is 10.5. The highest BCUT2D eigenvalue weighted by molar-refractivity contribution is 8.01. The molecule has 0 aromatic carbocycles. The molecular formula is C7H6N4OS3. The van der Waals surface area contributed by atoms with Gasteiger partial charge in [-0.05, 0) is 0 Å². The molecule has 78 valence electrons. The topological polar surface area (TPSA) is 81.8 Å². The van der Waals surface area contributed by atoms with Crippen LogP contribution in [0.2, 0.25) is 0 Å². The zero-order chi connectivity index (χ0) is 10.7. The summed E-state index contributed by atoms with van der Waals surface area (Å²) in [6.07, 6.45) is 1.62. The molecule has 8 heteroatoms. The van der Waals surface area contributed by atoms with E-state index in [1.54, 1.807) is 11.6 Å². The van der Waals surface area contributed by atoms with E-state index in [0.29, 0.717) is 20.2 Å². The molecule has 0 aliphatic carbocycles. The first-order valence-electron chi connectivity index (χ1n) is 3.90. The number of rotatable bonds is 4. The molecule has 0 atom stereocenters. The summed E-state index contributed by atoms with van der Waals surface area (Å²) in [6, 6.07) is 0. The first-order valence-corrected chi connectivity index (χ1v) is 6.58. The Morgan fingerprint density at radius 3 is 3.00 bits per heavy atom. The second kappa shape index (κ2) is 4.69. The molecule has 2 rings (SSSR count). The fraction of sp³-hybridized carbons (Fsp3) is 0.143. The zero-order valence-corrected chi connectivity index (χ0v) is 9.86. The molecule has 0 aliphatic heterocycles. The summed E-state index contributed by atoms with van der Waals surface area (Å²) in [7, 11) is 0. The molecule has 0 aliphatic rings. The van der Waals surface area contributed by atoms with Gasteiger partial charge in [0.05, 0.1) is 5.75 Å². The monoisotopic (exact) mass is 258 g/mol. The molecule has 0 fully saturated rings. The molecule has 0 saturated heterocycles. The lowest BCUT2D eigenvalue weighted by molar-refractivity contribution is 0.102. The number of nitrogen functional groups attached to an aromatic ring is 1. The van der Waals surface area contributed by atoms with Gasteiger partial charge in [0, 0.05) is 11.6 Å². The van der Waals surface area contributed by atoms with E-state index in [1.807, 2.05) is 0 Å². The van der Waals surface area contributed by atoms with Gasteiger partial charge in [0.25, 0.3) is 0 Å². The lowest BCUT2D eigenvalue weighted by Crippen LogP contribution is -2.00. The van der Waals surface area contributed by atoms with Crippen LogP contribution >= 0.6 is 34.4 Å². The Labute approximate surface area is 97.8 Å². The Balaban J connectivity index is 1.91. The highest BCUT2D eigenvalue weighted by Crippen LogP contribution is 2.24. The molecule has 2 aromatic heterocycles. The van der Waals surface area contributed by atoms with Gasteiger partial charge in [0.2, 0.25) is 10.9 Å². The van der Waals surface area contributed by atoms with Crippen LogP contribution in [0.5, 0.6) is 0 Å². The molecule has 0 unspecified atom stereocenters. The smallest absolute Gasteiger partial charge is 0.203 e. The number of carbonyl (C=O) groups excluding carboxylic acids is 1. The summed E-state index contributed by atoms with van der Waals surface area (Å²) in [5.41, 5.74) is 5.42. The SMILES string of the molecule is Nc1nnc(SCC(=O)c2nccs2)s1. The number of carbonyl (C=O) groups is 1. The van der Waals surface area contributed by atoms with E-state index in [9.17, 15) is 4.79 Å². The van der Waals surface area contributed by atoms with Crippen LogP contribution in [-0.2, 0) is 0 Å². The van der Waals surface area contributed by atoms with Crippen molar-refractivity contribution in [2.45, 2.75) is 4.34 Å². The molecular weight excluding hydrogens is 252 g/mol. The number of aromatic nitrogens is 3. The number of nitrogens with two attached hydrogens (primary N) is 1. The molecule has 2 aromatic rings. The maximum atomic E-state index is 11.5. The van der Waals surface area contributed by atoms with E-state index in [2.05, 4.69) is 15.2 Å². The summed E-state index contributed by atoms with van der Waals surface area (Å²) < 4.78 is 0.706. The molecule has 15 heavy (non-hydrogen) atoms. The van der Waals surface area contributed by atoms with Crippen molar-refractivity contribution in [1.29, 1.82) is 0 Å². The number of Topliss-reactive ketones (excluding diaryl/α,β-unsaturated/α-hetero) is 1. The van der Waals surface area contributed by atoms with E-state index in [-0.39, 0.29) is 5.78 Å². The number of nitrogens with zero attached hydrogens (tertiary/aromatic N) is 3.